The molecule has 1 amide bonds. The SMILES string of the molecule is CCN(C(=O)CNc1cc(Br)ccc1Cl)C1CC1. The van der Waals surface area contributed by atoms with Crippen LogP contribution in [0.2, 0.25) is 5.02 Å². The second kappa shape index (κ2) is 5.93. The minimum Gasteiger partial charge on any atom is -0.375 e. The molecule has 18 heavy (non-hydrogen) atoms. The average Bonchev–Trinajstić information content (AvgIpc) is 3.16. The number of hydrogen-bond donors (Lipinski definition) is 1. The van der Waals surface area contributed by atoms with E-state index < -0.39 is 0 Å². The summed E-state index contributed by atoms with van der Waals surface area (Å²) in [4.78, 5) is 14.0. The zero-order chi connectivity index (χ0) is 13.1. The molecule has 1 saturated carbocycles. The van der Waals surface area contributed by atoms with E-state index in [1.54, 1.807) is 6.07 Å². The third-order valence-corrected chi connectivity index (χ3v) is 3.83. The highest BCUT2D eigenvalue weighted by Gasteiger charge is 2.30. The van der Waals surface area contributed by atoms with Crippen molar-refractivity contribution in [2.45, 2.75) is 25.8 Å². The maximum Gasteiger partial charge on any atom is 0.242 e. The second-order valence-electron chi connectivity index (χ2n) is 4.39. The zero-order valence-corrected chi connectivity index (χ0v) is 12.6. The van der Waals surface area contributed by atoms with E-state index in [0.29, 0.717) is 17.6 Å². The van der Waals surface area contributed by atoms with Crippen LogP contribution in [0.1, 0.15) is 19.8 Å². The van der Waals surface area contributed by atoms with Crippen molar-refractivity contribution in [2.75, 3.05) is 18.4 Å². The molecular formula is C13H16BrClN2O. The van der Waals surface area contributed by atoms with Crippen LogP contribution in [-0.4, -0.2) is 29.9 Å². The third kappa shape index (κ3) is 3.39. The van der Waals surface area contributed by atoms with E-state index in [2.05, 4.69) is 21.2 Å². The number of nitrogens with zero attached hydrogens (tertiary/aromatic N) is 1. The van der Waals surface area contributed by atoms with Gasteiger partial charge in [0.15, 0.2) is 0 Å². The number of likely N-dealkylation sites (N-methyl/N-ethyl adjacent to an activating group) is 1. The van der Waals surface area contributed by atoms with Gasteiger partial charge in [0.25, 0.3) is 0 Å². The predicted octanol–water partition coefficient (Wildman–Crippen LogP) is 3.53. The minimum absolute atomic E-state index is 0.135. The number of hydrogen-bond acceptors (Lipinski definition) is 2. The lowest BCUT2D eigenvalue weighted by Gasteiger charge is -2.21. The standard InChI is InChI=1S/C13H16BrClN2O/c1-2-17(10-4-5-10)13(18)8-16-12-7-9(14)3-6-11(12)15/h3,6-7,10,16H,2,4-5,8H2,1H3. The predicted molar refractivity (Wildman–Crippen MR) is 78.1 cm³/mol. The summed E-state index contributed by atoms with van der Waals surface area (Å²) in [6.45, 7) is 3.08. The Kier molecular flexibility index (Phi) is 4.51. The average molecular weight is 332 g/mol. The molecule has 1 N–H and O–H groups in total. The molecule has 0 radical (unpaired) electrons. The monoisotopic (exact) mass is 330 g/mol. The van der Waals surface area contributed by atoms with Crippen LogP contribution < -0.4 is 5.32 Å². The molecule has 0 atom stereocenters. The van der Waals surface area contributed by atoms with Gasteiger partial charge in [-0.05, 0) is 38.0 Å². The molecule has 1 aromatic rings. The highest BCUT2D eigenvalue weighted by molar-refractivity contribution is 9.10. The number of amides is 1. The first-order chi connectivity index (χ1) is 8.61. The van der Waals surface area contributed by atoms with Crippen molar-refractivity contribution in [2.24, 2.45) is 0 Å². The van der Waals surface area contributed by atoms with E-state index in [1.165, 1.54) is 0 Å². The highest BCUT2D eigenvalue weighted by Crippen LogP contribution is 2.28. The number of carbonyl (C=O) groups excluding carboxylic acids is 1. The molecule has 0 aliphatic heterocycles. The van der Waals surface area contributed by atoms with E-state index in [0.717, 1.165) is 29.5 Å². The number of halogens is 2. The van der Waals surface area contributed by atoms with Gasteiger partial charge in [0.05, 0.1) is 17.3 Å². The van der Waals surface area contributed by atoms with Crippen LogP contribution in [0.3, 0.4) is 0 Å². The zero-order valence-electron chi connectivity index (χ0n) is 10.2. The van der Waals surface area contributed by atoms with Crippen LogP contribution in [0.15, 0.2) is 22.7 Å². The molecular weight excluding hydrogens is 316 g/mol. The molecule has 0 aromatic heterocycles. The number of rotatable bonds is 5. The van der Waals surface area contributed by atoms with Gasteiger partial charge in [0.2, 0.25) is 5.91 Å². The van der Waals surface area contributed by atoms with E-state index in [-0.39, 0.29) is 5.91 Å². The van der Waals surface area contributed by atoms with Gasteiger partial charge in [0, 0.05) is 17.1 Å². The molecule has 1 aromatic carbocycles. The molecule has 3 nitrogen and oxygen atoms in total. The number of benzene rings is 1. The maximum absolute atomic E-state index is 12.0. The van der Waals surface area contributed by atoms with Crippen molar-refractivity contribution < 1.29 is 4.79 Å². The van der Waals surface area contributed by atoms with Crippen molar-refractivity contribution in [1.82, 2.24) is 4.90 Å². The largest absolute Gasteiger partial charge is 0.375 e. The van der Waals surface area contributed by atoms with Gasteiger partial charge >= 0.3 is 0 Å². The Hall–Kier alpha value is -0.740. The van der Waals surface area contributed by atoms with E-state index in [1.807, 2.05) is 24.0 Å². The summed E-state index contributed by atoms with van der Waals surface area (Å²) in [5.74, 6) is 0.135. The van der Waals surface area contributed by atoms with Crippen molar-refractivity contribution in [1.29, 1.82) is 0 Å². The fourth-order valence-corrected chi connectivity index (χ4v) is 2.48. The number of anilines is 1. The maximum atomic E-state index is 12.0. The Morgan fingerprint density at radius 1 is 1.56 bits per heavy atom. The highest BCUT2D eigenvalue weighted by atomic mass is 79.9. The molecule has 1 fully saturated rings. The fourth-order valence-electron chi connectivity index (χ4n) is 1.93. The van der Waals surface area contributed by atoms with Gasteiger partial charge in [-0.15, -0.1) is 0 Å². The van der Waals surface area contributed by atoms with Crippen LogP contribution >= 0.6 is 27.5 Å². The molecule has 2 rings (SSSR count). The Balaban J connectivity index is 1.94. The quantitative estimate of drug-likeness (QED) is 0.895. The first-order valence-corrected chi connectivity index (χ1v) is 7.27. The van der Waals surface area contributed by atoms with Gasteiger partial charge in [-0.3, -0.25) is 4.79 Å². The lowest BCUT2D eigenvalue weighted by molar-refractivity contribution is -0.129. The molecule has 98 valence electrons. The Labute approximate surface area is 121 Å². The third-order valence-electron chi connectivity index (χ3n) is 3.01. The first kappa shape index (κ1) is 13.7. The second-order valence-corrected chi connectivity index (χ2v) is 5.71. The summed E-state index contributed by atoms with van der Waals surface area (Å²) >= 11 is 9.44. The van der Waals surface area contributed by atoms with Gasteiger partial charge in [0.1, 0.15) is 0 Å². The molecule has 0 bridgehead atoms. The lowest BCUT2D eigenvalue weighted by atomic mass is 10.3. The smallest absolute Gasteiger partial charge is 0.242 e. The summed E-state index contributed by atoms with van der Waals surface area (Å²) in [6.07, 6.45) is 2.27. The van der Waals surface area contributed by atoms with Gasteiger partial charge < -0.3 is 10.2 Å². The molecule has 0 heterocycles. The molecule has 1 aliphatic rings. The van der Waals surface area contributed by atoms with Crippen LogP contribution in [0, 0.1) is 0 Å². The summed E-state index contributed by atoms with van der Waals surface area (Å²) in [5, 5.41) is 3.72. The Bertz CT molecular complexity index is 449. The minimum atomic E-state index is 0.135. The van der Waals surface area contributed by atoms with Crippen molar-refractivity contribution in [3.05, 3.63) is 27.7 Å². The van der Waals surface area contributed by atoms with E-state index in [9.17, 15) is 4.79 Å². The molecule has 0 saturated heterocycles. The lowest BCUT2D eigenvalue weighted by Crippen LogP contribution is -2.37. The van der Waals surface area contributed by atoms with Crippen LogP contribution in [0.25, 0.3) is 0 Å². The fraction of sp³-hybridized carbons (Fsp3) is 0.462. The van der Waals surface area contributed by atoms with Gasteiger partial charge in [-0.1, -0.05) is 27.5 Å². The summed E-state index contributed by atoms with van der Waals surface area (Å²) in [6, 6.07) is 6.01. The molecule has 0 unspecified atom stereocenters. The van der Waals surface area contributed by atoms with E-state index in [4.69, 9.17) is 11.6 Å². The van der Waals surface area contributed by atoms with Gasteiger partial charge in [-0.25, -0.2) is 0 Å². The summed E-state index contributed by atoms with van der Waals surface area (Å²) in [7, 11) is 0. The van der Waals surface area contributed by atoms with Crippen LogP contribution in [-0.2, 0) is 4.79 Å². The topological polar surface area (TPSA) is 32.3 Å². The Morgan fingerprint density at radius 3 is 2.89 bits per heavy atom. The van der Waals surface area contributed by atoms with Crippen LogP contribution in [0.4, 0.5) is 5.69 Å². The number of carbonyl (C=O) groups is 1. The van der Waals surface area contributed by atoms with Gasteiger partial charge in [-0.2, -0.15) is 0 Å². The van der Waals surface area contributed by atoms with Crippen molar-refractivity contribution in [3.63, 3.8) is 0 Å². The first-order valence-electron chi connectivity index (χ1n) is 6.10. The molecule has 1 aliphatic carbocycles. The van der Waals surface area contributed by atoms with Crippen molar-refractivity contribution >= 4 is 39.1 Å². The Morgan fingerprint density at radius 2 is 2.28 bits per heavy atom. The summed E-state index contributed by atoms with van der Waals surface area (Å²) in [5.41, 5.74) is 0.784. The molecule has 0 spiro atoms. The molecule has 5 heteroatoms. The summed E-state index contributed by atoms with van der Waals surface area (Å²) < 4.78 is 0.941. The van der Waals surface area contributed by atoms with Crippen molar-refractivity contribution in [3.8, 4) is 0 Å². The van der Waals surface area contributed by atoms with E-state index >= 15 is 0 Å². The normalized spacial score (nSPS) is 14.4. The number of nitrogens with one attached hydrogen (secondary N) is 1. The van der Waals surface area contributed by atoms with Crippen LogP contribution in [0.5, 0.6) is 0 Å².